The van der Waals surface area contributed by atoms with Gasteiger partial charge in [-0.3, -0.25) is 15.0 Å². The van der Waals surface area contributed by atoms with E-state index in [4.69, 9.17) is 8.92 Å². The Hall–Kier alpha value is -3.48. The molecule has 12 heteroatoms. The molecule has 0 bridgehead atoms. The zero-order valence-corrected chi connectivity index (χ0v) is 20.4. The van der Waals surface area contributed by atoms with Crippen LogP contribution in [0.3, 0.4) is 0 Å². The van der Waals surface area contributed by atoms with E-state index >= 15 is 0 Å². The van der Waals surface area contributed by atoms with Crippen LogP contribution in [0.1, 0.15) is 28.9 Å². The summed E-state index contributed by atoms with van der Waals surface area (Å²) in [6, 6.07) is 19.0. The van der Waals surface area contributed by atoms with Gasteiger partial charge in [0.2, 0.25) is 6.54 Å². The van der Waals surface area contributed by atoms with Gasteiger partial charge in [0.15, 0.2) is 5.75 Å². The van der Waals surface area contributed by atoms with Crippen LogP contribution >= 0.6 is 15.9 Å². The van der Waals surface area contributed by atoms with Crippen LogP contribution < -0.4 is 9.08 Å². The summed E-state index contributed by atoms with van der Waals surface area (Å²) < 4.78 is 38.9. The Bertz CT molecular complexity index is 1420. The van der Waals surface area contributed by atoms with Gasteiger partial charge < -0.3 is 8.92 Å². The molecule has 0 spiro atoms. The summed E-state index contributed by atoms with van der Waals surface area (Å²) >= 11 is 3.34. The number of halogens is 1. The van der Waals surface area contributed by atoms with Crippen molar-refractivity contribution >= 4 is 38.0 Å². The maximum atomic E-state index is 13.5. The molecule has 0 N–H and O–H groups in total. The first kappa shape index (κ1) is 23.3. The van der Waals surface area contributed by atoms with Crippen molar-refractivity contribution < 1.29 is 27.1 Å². The minimum Gasteiger partial charge on any atom is -0.444 e. The smallest absolute Gasteiger partial charge is 0.416 e. The number of rotatable bonds is 4. The number of hydrogen-bond acceptors (Lipinski definition) is 7. The second kappa shape index (κ2) is 8.95. The van der Waals surface area contributed by atoms with E-state index in [9.17, 15) is 23.3 Å². The van der Waals surface area contributed by atoms with Gasteiger partial charge in [0.05, 0.1) is 5.69 Å². The first-order valence-corrected chi connectivity index (χ1v) is 12.6. The maximum Gasteiger partial charge on any atom is 0.416 e. The molecule has 0 fully saturated rings. The molecule has 2 aliphatic rings. The van der Waals surface area contributed by atoms with Crippen LogP contribution in [-0.4, -0.2) is 30.3 Å². The Labute approximate surface area is 209 Å². The van der Waals surface area contributed by atoms with E-state index in [-0.39, 0.29) is 17.9 Å². The molecule has 2 aliphatic heterocycles. The van der Waals surface area contributed by atoms with Crippen molar-refractivity contribution in [3.63, 3.8) is 0 Å². The molecule has 0 aromatic heterocycles. The van der Waals surface area contributed by atoms with Crippen molar-refractivity contribution in [2.45, 2.75) is 18.8 Å². The molecule has 0 radical (unpaired) electrons. The molecule has 1 amide bonds. The summed E-state index contributed by atoms with van der Waals surface area (Å²) in [4.78, 5) is 25.7. The fourth-order valence-electron chi connectivity index (χ4n) is 4.35. The zero-order valence-electron chi connectivity index (χ0n) is 18.0. The van der Waals surface area contributed by atoms with Gasteiger partial charge in [0.25, 0.3) is 0 Å². The van der Waals surface area contributed by atoms with E-state index in [1.165, 1.54) is 11.0 Å². The van der Waals surface area contributed by atoms with Gasteiger partial charge in [-0.15, -0.1) is 4.31 Å². The lowest BCUT2D eigenvalue weighted by Crippen LogP contribution is -2.56. The molecule has 10 nitrogen and oxygen atoms in total. The van der Waals surface area contributed by atoms with Crippen LogP contribution in [0.15, 0.2) is 77.3 Å². The van der Waals surface area contributed by atoms with Gasteiger partial charge in [-0.1, -0.05) is 64.5 Å². The van der Waals surface area contributed by atoms with Crippen LogP contribution in [0.25, 0.3) is 0 Å². The fraction of sp³-hybridized carbons (Fsp3) is 0.174. The van der Waals surface area contributed by atoms with Crippen LogP contribution in [0, 0.1) is 10.1 Å². The standard InChI is InChI=1S/C23H18BrN3O7S/c24-16-10-11-19-18(12-16)20(13-25(29)30)27-22(17-8-4-5-9-21(17)34-35(27,31)32)26(19)23(28)33-14-15-6-2-1-3-7-15/h1-12,20,22H,13-14H2/t20-,22+/m0/s1. The zero-order chi connectivity index (χ0) is 24.7. The highest BCUT2D eigenvalue weighted by molar-refractivity contribution is 9.10. The Balaban J connectivity index is 1.68. The first-order valence-electron chi connectivity index (χ1n) is 10.5. The SMILES string of the molecule is O=C(OCc1ccccc1)N1c2ccc(Br)cc2[C@H](C[N+](=O)[O-])N2[C@@H]1c1ccccc1OS2(=O)=O. The predicted octanol–water partition coefficient (Wildman–Crippen LogP) is 4.56. The summed E-state index contributed by atoms with van der Waals surface area (Å²) in [7, 11) is -4.52. The number of hydrogen-bond donors (Lipinski definition) is 0. The van der Waals surface area contributed by atoms with Crippen LogP contribution in [0.4, 0.5) is 10.5 Å². The lowest BCUT2D eigenvalue weighted by atomic mass is 9.97. The molecule has 0 aliphatic carbocycles. The summed E-state index contributed by atoms with van der Waals surface area (Å²) in [6.07, 6.45) is -2.05. The molecule has 5 rings (SSSR count). The number of nitro groups is 1. The molecule has 0 saturated heterocycles. The maximum absolute atomic E-state index is 13.5. The fourth-order valence-corrected chi connectivity index (χ4v) is 6.14. The third-order valence-corrected chi connectivity index (χ3v) is 7.63. The van der Waals surface area contributed by atoms with E-state index < -0.39 is 40.1 Å². The largest absolute Gasteiger partial charge is 0.444 e. The van der Waals surface area contributed by atoms with E-state index in [0.717, 1.165) is 9.87 Å². The minimum atomic E-state index is -4.52. The number of carbonyl (C=O) groups excluding carboxylic acids is 1. The van der Waals surface area contributed by atoms with Gasteiger partial charge in [-0.2, -0.15) is 8.42 Å². The summed E-state index contributed by atoms with van der Waals surface area (Å²) in [6.45, 7) is -0.768. The Kier molecular flexibility index (Phi) is 5.95. The Morgan fingerprint density at radius 2 is 1.77 bits per heavy atom. The van der Waals surface area contributed by atoms with Crippen LogP contribution in [0.2, 0.25) is 0 Å². The summed E-state index contributed by atoms with van der Waals surface area (Å²) in [5, 5.41) is 11.6. The van der Waals surface area contributed by atoms with Crippen molar-refractivity contribution in [2.75, 3.05) is 11.4 Å². The number of para-hydroxylation sites is 1. The molecule has 2 heterocycles. The van der Waals surface area contributed by atoms with Crippen LogP contribution in [0.5, 0.6) is 5.75 Å². The van der Waals surface area contributed by atoms with Crippen molar-refractivity contribution in [1.82, 2.24) is 4.31 Å². The molecule has 3 aromatic rings. The van der Waals surface area contributed by atoms with Gasteiger partial charge in [-0.05, 0) is 29.8 Å². The van der Waals surface area contributed by atoms with Gasteiger partial charge in [0, 0.05) is 20.5 Å². The summed E-state index contributed by atoms with van der Waals surface area (Å²) in [5.41, 5.74) is 1.69. The lowest BCUT2D eigenvalue weighted by molar-refractivity contribution is -0.487. The van der Waals surface area contributed by atoms with Gasteiger partial charge in [0.1, 0.15) is 18.8 Å². The van der Waals surface area contributed by atoms with Crippen molar-refractivity contribution in [3.8, 4) is 5.75 Å². The average Bonchev–Trinajstić information content (AvgIpc) is 2.82. The van der Waals surface area contributed by atoms with Crippen LogP contribution in [-0.2, 0) is 21.6 Å². The molecule has 0 saturated carbocycles. The second-order valence-corrected chi connectivity index (χ2v) is 10.3. The quantitative estimate of drug-likeness (QED) is 0.339. The number of benzene rings is 3. The highest BCUT2D eigenvalue weighted by Gasteiger charge is 2.54. The molecular weight excluding hydrogens is 542 g/mol. The molecule has 35 heavy (non-hydrogen) atoms. The summed E-state index contributed by atoms with van der Waals surface area (Å²) in [5.74, 6) is 0.0371. The Morgan fingerprint density at radius 3 is 2.51 bits per heavy atom. The van der Waals surface area contributed by atoms with E-state index in [0.29, 0.717) is 15.7 Å². The van der Waals surface area contributed by atoms with Crippen molar-refractivity contribution in [2.24, 2.45) is 0 Å². The third kappa shape index (κ3) is 4.24. The van der Waals surface area contributed by atoms with Crippen molar-refractivity contribution in [3.05, 3.63) is 104 Å². The molecular formula is C23H18BrN3O7S. The Morgan fingerprint density at radius 1 is 1.06 bits per heavy atom. The number of carbonyl (C=O) groups is 1. The average molecular weight is 560 g/mol. The number of fused-ring (bicyclic) bond motifs is 4. The third-order valence-electron chi connectivity index (χ3n) is 5.78. The highest BCUT2D eigenvalue weighted by atomic mass is 79.9. The van der Waals surface area contributed by atoms with Crippen molar-refractivity contribution in [1.29, 1.82) is 0 Å². The van der Waals surface area contributed by atoms with Gasteiger partial charge >= 0.3 is 16.4 Å². The van der Waals surface area contributed by atoms with E-state index in [1.807, 2.05) is 18.2 Å². The topological polar surface area (TPSA) is 119 Å². The molecule has 180 valence electrons. The number of nitrogens with zero attached hydrogens (tertiary/aromatic N) is 3. The molecule has 0 unspecified atom stereocenters. The second-order valence-electron chi connectivity index (χ2n) is 7.93. The predicted molar refractivity (Wildman–Crippen MR) is 128 cm³/mol. The molecule has 2 atom stereocenters. The number of anilines is 1. The molecule has 3 aromatic carbocycles. The number of ether oxygens (including phenoxy) is 1. The van der Waals surface area contributed by atoms with E-state index in [2.05, 4.69) is 15.9 Å². The first-order chi connectivity index (χ1) is 16.8. The van der Waals surface area contributed by atoms with E-state index in [1.54, 1.807) is 48.5 Å². The monoisotopic (exact) mass is 559 g/mol. The van der Waals surface area contributed by atoms with Gasteiger partial charge in [-0.25, -0.2) is 4.79 Å². The number of amides is 1. The lowest BCUT2D eigenvalue weighted by Gasteiger charge is -2.47. The minimum absolute atomic E-state index is 0.0371. The highest BCUT2D eigenvalue weighted by Crippen LogP contribution is 2.51. The normalized spacial score (nSPS) is 20.1.